The second kappa shape index (κ2) is 4.65. The van der Waals surface area contributed by atoms with Crippen LogP contribution in [0.5, 0.6) is 0 Å². The Hall–Kier alpha value is -1.71. The predicted molar refractivity (Wildman–Crippen MR) is 68.7 cm³/mol. The van der Waals surface area contributed by atoms with Gasteiger partial charge in [-0.1, -0.05) is 13.3 Å². The molecule has 0 aromatic carbocycles. The monoisotopic (exact) mass is 233 g/mol. The summed E-state index contributed by atoms with van der Waals surface area (Å²) in [4.78, 5) is 0. The van der Waals surface area contributed by atoms with Crippen molar-refractivity contribution in [3.8, 4) is 11.3 Å². The molecule has 2 aromatic rings. The maximum atomic E-state index is 6.00. The Kier molecular flexibility index (Phi) is 3.22. The van der Waals surface area contributed by atoms with Gasteiger partial charge in [-0.15, -0.1) is 0 Å². The fourth-order valence-corrected chi connectivity index (χ4v) is 1.95. The first-order valence-corrected chi connectivity index (χ1v) is 6.02. The van der Waals surface area contributed by atoms with Crippen LogP contribution < -0.4 is 5.73 Å². The minimum Gasteiger partial charge on any atom is -0.466 e. The zero-order valence-electron chi connectivity index (χ0n) is 10.7. The molecule has 4 heteroatoms. The molecule has 92 valence electrons. The highest BCUT2D eigenvalue weighted by Gasteiger charge is 2.14. The molecular formula is C13H19N3O. The lowest BCUT2D eigenvalue weighted by Gasteiger charge is -1.97. The van der Waals surface area contributed by atoms with Crippen molar-refractivity contribution in [3.05, 3.63) is 23.8 Å². The third-order valence-corrected chi connectivity index (χ3v) is 2.83. The lowest BCUT2D eigenvalue weighted by atomic mass is 10.1. The van der Waals surface area contributed by atoms with Gasteiger partial charge in [-0.2, -0.15) is 5.10 Å². The first kappa shape index (κ1) is 11.8. The second-order valence-electron chi connectivity index (χ2n) is 4.38. The van der Waals surface area contributed by atoms with Gasteiger partial charge in [0.15, 0.2) is 0 Å². The van der Waals surface area contributed by atoms with Crippen LogP contribution in [0.4, 0.5) is 5.69 Å². The number of aryl methyl sites for hydroxylation is 3. The number of nitrogens with zero attached hydrogens (tertiary/aromatic N) is 2. The molecule has 0 aliphatic carbocycles. The standard InChI is InChI=1S/C13H19N3O/c1-4-5-6-16-8-12(14)13(15-16)11-7-9(2)17-10(11)3/h7-8H,4-6,14H2,1-3H3. The van der Waals surface area contributed by atoms with Crippen molar-refractivity contribution in [2.24, 2.45) is 0 Å². The molecule has 0 aliphatic rings. The molecular weight excluding hydrogens is 214 g/mol. The number of nitrogen functional groups attached to an aromatic ring is 1. The molecule has 4 nitrogen and oxygen atoms in total. The quantitative estimate of drug-likeness (QED) is 0.882. The van der Waals surface area contributed by atoms with Gasteiger partial charge in [0.05, 0.1) is 5.69 Å². The average Bonchev–Trinajstić information content (AvgIpc) is 2.79. The van der Waals surface area contributed by atoms with Crippen LogP contribution in [0.15, 0.2) is 16.7 Å². The maximum Gasteiger partial charge on any atom is 0.119 e. The fourth-order valence-electron chi connectivity index (χ4n) is 1.95. The average molecular weight is 233 g/mol. The Morgan fingerprint density at radius 2 is 2.18 bits per heavy atom. The van der Waals surface area contributed by atoms with Crippen LogP contribution in [0.3, 0.4) is 0 Å². The van der Waals surface area contributed by atoms with Crippen LogP contribution in [0.1, 0.15) is 31.3 Å². The van der Waals surface area contributed by atoms with E-state index in [0.29, 0.717) is 5.69 Å². The third kappa shape index (κ3) is 2.35. The van der Waals surface area contributed by atoms with Crippen molar-refractivity contribution in [2.75, 3.05) is 5.73 Å². The van der Waals surface area contributed by atoms with Crippen LogP contribution in [-0.2, 0) is 6.54 Å². The Labute approximate surface area is 101 Å². The molecule has 0 saturated heterocycles. The van der Waals surface area contributed by atoms with Gasteiger partial charge in [0.2, 0.25) is 0 Å². The molecule has 0 saturated carbocycles. The zero-order valence-corrected chi connectivity index (χ0v) is 10.7. The van der Waals surface area contributed by atoms with Crippen LogP contribution in [0.25, 0.3) is 11.3 Å². The van der Waals surface area contributed by atoms with E-state index in [9.17, 15) is 0 Å². The molecule has 0 atom stereocenters. The normalized spacial score (nSPS) is 11.0. The van der Waals surface area contributed by atoms with Gasteiger partial charge in [0.25, 0.3) is 0 Å². The summed E-state index contributed by atoms with van der Waals surface area (Å²) in [5.41, 5.74) is 8.54. The number of unbranched alkanes of at least 4 members (excludes halogenated alkanes) is 1. The largest absolute Gasteiger partial charge is 0.466 e. The van der Waals surface area contributed by atoms with E-state index in [4.69, 9.17) is 10.2 Å². The molecule has 0 spiro atoms. The van der Waals surface area contributed by atoms with Crippen LogP contribution in [0, 0.1) is 13.8 Å². The van der Waals surface area contributed by atoms with E-state index in [1.807, 2.05) is 30.8 Å². The van der Waals surface area contributed by atoms with E-state index in [2.05, 4.69) is 12.0 Å². The first-order valence-electron chi connectivity index (χ1n) is 6.02. The maximum absolute atomic E-state index is 6.00. The van der Waals surface area contributed by atoms with E-state index < -0.39 is 0 Å². The number of anilines is 1. The van der Waals surface area contributed by atoms with Crippen molar-refractivity contribution in [1.82, 2.24) is 9.78 Å². The predicted octanol–water partition coefficient (Wildman–Crippen LogP) is 3.14. The summed E-state index contributed by atoms with van der Waals surface area (Å²) in [6.45, 7) is 6.95. The summed E-state index contributed by atoms with van der Waals surface area (Å²) in [7, 11) is 0. The zero-order chi connectivity index (χ0) is 12.4. The van der Waals surface area contributed by atoms with Crippen molar-refractivity contribution >= 4 is 5.69 Å². The lowest BCUT2D eigenvalue weighted by Crippen LogP contribution is -1.97. The topological polar surface area (TPSA) is 57.0 Å². The van der Waals surface area contributed by atoms with Crippen LogP contribution in [0.2, 0.25) is 0 Å². The Morgan fingerprint density at radius 1 is 1.41 bits per heavy atom. The van der Waals surface area contributed by atoms with E-state index in [1.165, 1.54) is 0 Å². The van der Waals surface area contributed by atoms with Crippen molar-refractivity contribution in [2.45, 2.75) is 40.2 Å². The number of aromatic nitrogens is 2. The summed E-state index contributed by atoms with van der Waals surface area (Å²) in [6.07, 6.45) is 4.16. The Balaban J connectivity index is 2.32. The number of rotatable bonds is 4. The van der Waals surface area contributed by atoms with Gasteiger partial charge in [0.1, 0.15) is 17.2 Å². The van der Waals surface area contributed by atoms with Gasteiger partial charge < -0.3 is 10.2 Å². The molecule has 2 N–H and O–H groups in total. The van der Waals surface area contributed by atoms with Crippen LogP contribution >= 0.6 is 0 Å². The van der Waals surface area contributed by atoms with Gasteiger partial charge >= 0.3 is 0 Å². The molecule has 2 heterocycles. The van der Waals surface area contributed by atoms with Crippen molar-refractivity contribution in [1.29, 1.82) is 0 Å². The molecule has 0 unspecified atom stereocenters. The van der Waals surface area contributed by atoms with E-state index in [-0.39, 0.29) is 0 Å². The van der Waals surface area contributed by atoms with Gasteiger partial charge in [-0.3, -0.25) is 4.68 Å². The Morgan fingerprint density at radius 3 is 2.76 bits per heavy atom. The fraction of sp³-hybridized carbons (Fsp3) is 0.462. The molecule has 0 aliphatic heterocycles. The van der Waals surface area contributed by atoms with E-state index in [1.54, 1.807) is 0 Å². The third-order valence-electron chi connectivity index (χ3n) is 2.83. The highest BCUT2D eigenvalue weighted by atomic mass is 16.3. The summed E-state index contributed by atoms with van der Waals surface area (Å²) in [5.74, 6) is 1.76. The SMILES string of the molecule is CCCCn1cc(N)c(-c2cc(C)oc2C)n1. The summed E-state index contributed by atoms with van der Waals surface area (Å²) < 4.78 is 7.42. The molecule has 0 amide bonds. The number of nitrogens with two attached hydrogens (primary N) is 1. The molecule has 17 heavy (non-hydrogen) atoms. The number of hydrogen-bond donors (Lipinski definition) is 1. The molecule has 0 radical (unpaired) electrons. The second-order valence-corrected chi connectivity index (χ2v) is 4.38. The van der Waals surface area contributed by atoms with Gasteiger partial charge in [-0.25, -0.2) is 0 Å². The smallest absolute Gasteiger partial charge is 0.119 e. The first-order chi connectivity index (χ1) is 8.11. The highest BCUT2D eigenvalue weighted by Crippen LogP contribution is 2.29. The summed E-state index contributed by atoms with van der Waals surface area (Å²) in [6, 6.07) is 1.98. The molecule has 2 rings (SSSR count). The van der Waals surface area contributed by atoms with Crippen molar-refractivity contribution in [3.63, 3.8) is 0 Å². The number of furan rings is 1. The summed E-state index contributed by atoms with van der Waals surface area (Å²) in [5, 5.41) is 4.52. The molecule has 0 fully saturated rings. The minimum atomic E-state index is 0.713. The van der Waals surface area contributed by atoms with Gasteiger partial charge in [0, 0.05) is 18.3 Å². The molecule has 0 bridgehead atoms. The highest BCUT2D eigenvalue weighted by molar-refractivity contribution is 5.73. The van der Waals surface area contributed by atoms with Gasteiger partial charge in [-0.05, 0) is 26.3 Å². The lowest BCUT2D eigenvalue weighted by molar-refractivity contribution is 0.505. The van der Waals surface area contributed by atoms with E-state index >= 15 is 0 Å². The Bertz CT molecular complexity index is 511. The van der Waals surface area contributed by atoms with Crippen LogP contribution in [-0.4, -0.2) is 9.78 Å². The van der Waals surface area contributed by atoms with Crippen molar-refractivity contribution < 1.29 is 4.42 Å². The van der Waals surface area contributed by atoms with E-state index in [0.717, 1.165) is 42.2 Å². The summed E-state index contributed by atoms with van der Waals surface area (Å²) >= 11 is 0. The number of hydrogen-bond acceptors (Lipinski definition) is 3. The molecule has 2 aromatic heterocycles. The minimum absolute atomic E-state index is 0.713.